The van der Waals surface area contributed by atoms with E-state index in [9.17, 15) is 18.0 Å². The maximum absolute atomic E-state index is 13.2. The van der Waals surface area contributed by atoms with Crippen molar-refractivity contribution in [3.05, 3.63) is 58.1 Å². The molecule has 0 bridgehead atoms. The van der Waals surface area contributed by atoms with E-state index in [0.717, 1.165) is 0 Å². The number of carbonyl (C=O) groups is 2. The standard InChI is InChI=1S/C22H25Cl2N3O4S/c1-14(2)26(3)32(30,31)19-7-4-6-15(10-19)22(29)27-9-5-8-20(27)21(28)25-18-12-16(23)11-17(24)13-18/h4,6-7,10-14,20H,5,8-9H2,1-3H3,(H,25,28). The summed E-state index contributed by atoms with van der Waals surface area (Å²) in [6, 6.07) is 9.71. The summed E-state index contributed by atoms with van der Waals surface area (Å²) in [5.41, 5.74) is 0.658. The Morgan fingerprint density at radius 3 is 2.41 bits per heavy atom. The summed E-state index contributed by atoms with van der Waals surface area (Å²) in [5, 5.41) is 3.53. The number of rotatable bonds is 6. The molecule has 0 aromatic heterocycles. The number of sulfonamides is 1. The van der Waals surface area contributed by atoms with Crippen LogP contribution in [-0.2, 0) is 14.8 Å². The summed E-state index contributed by atoms with van der Waals surface area (Å²) in [6.07, 6.45) is 1.16. The van der Waals surface area contributed by atoms with Crippen LogP contribution < -0.4 is 5.32 Å². The summed E-state index contributed by atoms with van der Waals surface area (Å²) >= 11 is 12.0. The van der Waals surface area contributed by atoms with E-state index in [1.165, 1.54) is 34.5 Å². The minimum atomic E-state index is -3.74. The molecule has 1 saturated heterocycles. The number of halogens is 2. The van der Waals surface area contributed by atoms with Crippen molar-refractivity contribution >= 4 is 50.7 Å². The molecule has 1 heterocycles. The second kappa shape index (κ2) is 9.79. The van der Waals surface area contributed by atoms with Crippen LogP contribution in [0.25, 0.3) is 0 Å². The summed E-state index contributed by atoms with van der Waals surface area (Å²) in [7, 11) is -2.24. The third kappa shape index (κ3) is 5.26. The van der Waals surface area contributed by atoms with E-state index in [-0.39, 0.29) is 22.4 Å². The molecule has 1 fully saturated rings. The molecular formula is C22H25Cl2N3O4S. The number of nitrogens with zero attached hydrogens (tertiary/aromatic N) is 2. The van der Waals surface area contributed by atoms with Crippen LogP contribution in [0.5, 0.6) is 0 Å². The Bertz CT molecular complexity index is 1120. The molecule has 0 radical (unpaired) electrons. The van der Waals surface area contributed by atoms with Crippen molar-refractivity contribution in [2.45, 2.75) is 43.7 Å². The second-order valence-electron chi connectivity index (χ2n) is 7.95. The molecule has 10 heteroatoms. The van der Waals surface area contributed by atoms with E-state index < -0.39 is 22.0 Å². The zero-order chi connectivity index (χ0) is 23.6. The first-order chi connectivity index (χ1) is 15.0. The van der Waals surface area contributed by atoms with Gasteiger partial charge in [-0.1, -0.05) is 29.3 Å². The van der Waals surface area contributed by atoms with Crippen molar-refractivity contribution in [3.63, 3.8) is 0 Å². The molecule has 2 aromatic carbocycles. The maximum Gasteiger partial charge on any atom is 0.254 e. The van der Waals surface area contributed by atoms with Gasteiger partial charge in [0.05, 0.1) is 4.90 Å². The molecule has 1 N–H and O–H groups in total. The molecule has 7 nitrogen and oxygen atoms in total. The lowest BCUT2D eigenvalue weighted by atomic mass is 10.1. The van der Waals surface area contributed by atoms with Gasteiger partial charge in [-0.25, -0.2) is 8.42 Å². The number of amides is 2. The van der Waals surface area contributed by atoms with Crippen molar-refractivity contribution < 1.29 is 18.0 Å². The fourth-order valence-electron chi connectivity index (χ4n) is 3.53. The van der Waals surface area contributed by atoms with Gasteiger partial charge in [0.25, 0.3) is 5.91 Å². The van der Waals surface area contributed by atoms with Crippen molar-refractivity contribution in [3.8, 4) is 0 Å². The van der Waals surface area contributed by atoms with Crippen LogP contribution in [0.15, 0.2) is 47.4 Å². The number of hydrogen-bond acceptors (Lipinski definition) is 4. The number of anilines is 1. The quantitative estimate of drug-likeness (QED) is 0.645. The van der Waals surface area contributed by atoms with Crippen LogP contribution in [0.4, 0.5) is 5.69 Å². The Labute approximate surface area is 198 Å². The van der Waals surface area contributed by atoms with Gasteiger partial charge < -0.3 is 10.2 Å². The number of likely N-dealkylation sites (tertiary alicyclic amines) is 1. The SMILES string of the molecule is CC(C)N(C)S(=O)(=O)c1cccc(C(=O)N2CCCC2C(=O)Nc2cc(Cl)cc(Cl)c2)c1. The van der Waals surface area contributed by atoms with Gasteiger partial charge in [0, 0.05) is 40.9 Å². The highest BCUT2D eigenvalue weighted by Crippen LogP contribution is 2.26. The molecular weight excluding hydrogens is 473 g/mol. The fraction of sp³-hybridized carbons (Fsp3) is 0.364. The Kier molecular flexibility index (Phi) is 7.50. The molecule has 1 unspecified atom stereocenters. The summed E-state index contributed by atoms with van der Waals surface area (Å²) in [5.74, 6) is -0.742. The third-order valence-corrected chi connectivity index (χ3v) is 7.90. The van der Waals surface area contributed by atoms with Gasteiger partial charge >= 0.3 is 0 Å². The molecule has 0 aliphatic carbocycles. The lowest BCUT2D eigenvalue weighted by Gasteiger charge is -2.25. The highest BCUT2D eigenvalue weighted by atomic mass is 35.5. The van der Waals surface area contributed by atoms with Crippen LogP contribution in [0, 0.1) is 0 Å². The molecule has 1 atom stereocenters. The van der Waals surface area contributed by atoms with Crippen LogP contribution in [0.2, 0.25) is 10.0 Å². The van der Waals surface area contributed by atoms with E-state index in [0.29, 0.717) is 35.1 Å². The molecule has 32 heavy (non-hydrogen) atoms. The van der Waals surface area contributed by atoms with Gasteiger partial charge in [-0.15, -0.1) is 0 Å². The average molecular weight is 498 g/mol. The molecule has 0 saturated carbocycles. The van der Waals surface area contributed by atoms with E-state index >= 15 is 0 Å². The first kappa shape index (κ1) is 24.5. The number of hydrogen-bond donors (Lipinski definition) is 1. The van der Waals surface area contributed by atoms with Crippen molar-refractivity contribution in [1.82, 2.24) is 9.21 Å². The first-order valence-electron chi connectivity index (χ1n) is 10.2. The molecule has 1 aliphatic rings. The summed E-state index contributed by atoms with van der Waals surface area (Å²) in [6.45, 7) is 3.94. The van der Waals surface area contributed by atoms with Gasteiger partial charge in [-0.2, -0.15) is 4.31 Å². The molecule has 0 spiro atoms. The monoisotopic (exact) mass is 497 g/mol. The van der Waals surface area contributed by atoms with Gasteiger partial charge in [-0.3, -0.25) is 9.59 Å². The summed E-state index contributed by atoms with van der Waals surface area (Å²) in [4.78, 5) is 27.6. The Hall–Kier alpha value is -2.13. The van der Waals surface area contributed by atoms with Gasteiger partial charge in [0.1, 0.15) is 6.04 Å². The lowest BCUT2D eigenvalue weighted by Crippen LogP contribution is -2.43. The topological polar surface area (TPSA) is 86.8 Å². The van der Waals surface area contributed by atoms with E-state index in [4.69, 9.17) is 23.2 Å². The van der Waals surface area contributed by atoms with E-state index in [1.807, 2.05) is 0 Å². The predicted molar refractivity (Wildman–Crippen MR) is 126 cm³/mol. The average Bonchev–Trinajstić information content (AvgIpc) is 3.22. The van der Waals surface area contributed by atoms with Crippen LogP contribution >= 0.6 is 23.2 Å². The van der Waals surface area contributed by atoms with Gasteiger partial charge in [0.2, 0.25) is 15.9 Å². The van der Waals surface area contributed by atoms with Crippen molar-refractivity contribution in [2.24, 2.45) is 0 Å². The smallest absolute Gasteiger partial charge is 0.254 e. The highest BCUT2D eigenvalue weighted by Gasteiger charge is 2.35. The number of nitrogens with one attached hydrogen (secondary N) is 1. The third-order valence-electron chi connectivity index (χ3n) is 5.43. The first-order valence-corrected chi connectivity index (χ1v) is 12.4. The van der Waals surface area contributed by atoms with Crippen LogP contribution in [0.1, 0.15) is 37.0 Å². The molecule has 3 rings (SSSR count). The molecule has 1 aliphatic heterocycles. The van der Waals surface area contributed by atoms with E-state index in [1.54, 1.807) is 38.1 Å². The minimum Gasteiger partial charge on any atom is -0.327 e. The second-order valence-corrected chi connectivity index (χ2v) is 10.8. The predicted octanol–water partition coefficient (Wildman–Crippen LogP) is 4.27. The van der Waals surface area contributed by atoms with E-state index in [2.05, 4.69) is 5.32 Å². The van der Waals surface area contributed by atoms with Gasteiger partial charge in [-0.05, 0) is 63.1 Å². The van der Waals surface area contributed by atoms with Crippen LogP contribution in [0.3, 0.4) is 0 Å². The van der Waals surface area contributed by atoms with Crippen LogP contribution in [-0.4, -0.2) is 55.1 Å². The van der Waals surface area contributed by atoms with Crippen molar-refractivity contribution in [2.75, 3.05) is 18.9 Å². The number of benzene rings is 2. The van der Waals surface area contributed by atoms with Gasteiger partial charge in [0.15, 0.2) is 0 Å². The maximum atomic E-state index is 13.2. The zero-order valence-corrected chi connectivity index (χ0v) is 20.3. The largest absolute Gasteiger partial charge is 0.327 e. The fourth-order valence-corrected chi connectivity index (χ4v) is 5.47. The lowest BCUT2D eigenvalue weighted by molar-refractivity contribution is -0.119. The number of carbonyl (C=O) groups excluding carboxylic acids is 2. The zero-order valence-electron chi connectivity index (χ0n) is 18.0. The Morgan fingerprint density at radius 2 is 1.78 bits per heavy atom. The summed E-state index contributed by atoms with van der Waals surface area (Å²) < 4.78 is 26.9. The molecule has 2 aromatic rings. The highest BCUT2D eigenvalue weighted by molar-refractivity contribution is 7.89. The van der Waals surface area contributed by atoms with Crippen molar-refractivity contribution in [1.29, 1.82) is 0 Å². The molecule has 172 valence electrons. The Balaban J connectivity index is 1.82. The Morgan fingerprint density at radius 1 is 1.12 bits per heavy atom. The normalized spacial score (nSPS) is 16.6. The minimum absolute atomic E-state index is 0.0355. The molecule has 2 amide bonds.